The van der Waals surface area contributed by atoms with Crippen molar-refractivity contribution in [3.05, 3.63) is 23.3 Å². The van der Waals surface area contributed by atoms with Crippen molar-refractivity contribution in [2.75, 3.05) is 0 Å². The standard InChI is InChI=1S/C10H14O2/c1-6(2)10(12)8(4)7(3)9(5)11/h1H2,2-5H3/b8-7+. The summed E-state index contributed by atoms with van der Waals surface area (Å²) >= 11 is 0. The smallest absolute Gasteiger partial charge is 0.184 e. The van der Waals surface area contributed by atoms with Gasteiger partial charge in [-0.05, 0) is 38.8 Å². The monoisotopic (exact) mass is 166 g/mol. The molecule has 0 aromatic heterocycles. The van der Waals surface area contributed by atoms with E-state index in [1.54, 1.807) is 20.8 Å². The van der Waals surface area contributed by atoms with Gasteiger partial charge in [0.1, 0.15) is 0 Å². The first-order valence-corrected chi connectivity index (χ1v) is 3.76. The average Bonchev–Trinajstić information content (AvgIpc) is 2.00. The van der Waals surface area contributed by atoms with Crippen LogP contribution in [0.15, 0.2) is 23.3 Å². The second kappa shape index (κ2) is 4.00. The molecule has 0 amide bonds. The van der Waals surface area contributed by atoms with Crippen LogP contribution in [-0.2, 0) is 9.59 Å². The van der Waals surface area contributed by atoms with Crippen molar-refractivity contribution >= 4 is 11.6 Å². The minimum atomic E-state index is -0.136. The highest BCUT2D eigenvalue weighted by molar-refractivity contribution is 6.12. The van der Waals surface area contributed by atoms with Crippen molar-refractivity contribution in [2.24, 2.45) is 0 Å². The summed E-state index contributed by atoms with van der Waals surface area (Å²) in [6.45, 7) is 9.91. The molecule has 0 radical (unpaired) electrons. The Hall–Kier alpha value is -1.18. The molecule has 0 aromatic rings. The third-order valence-corrected chi connectivity index (χ3v) is 1.82. The lowest BCUT2D eigenvalue weighted by molar-refractivity contribution is -0.115. The topological polar surface area (TPSA) is 34.1 Å². The minimum Gasteiger partial charge on any atom is -0.295 e. The average molecular weight is 166 g/mol. The summed E-state index contributed by atoms with van der Waals surface area (Å²) in [6, 6.07) is 0. The van der Waals surface area contributed by atoms with E-state index in [4.69, 9.17) is 0 Å². The van der Waals surface area contributed by atoms with Crippen LogP contribution in [0.2, 0.25) is 0 Å². The van der Waals surface area contributed by atoms with Crippen molar-refractivity contribution in [3.63, 3.8) is 0 Å². The first-order valence-electron chi connectivity index (χ1n) is 3.76. The Labute approximate surface area is 73.0 Å². The zero-order valence-electron chi connectivity index (χ0n) is 8.02. The van der Waals surface area contributed by atoms with Crippen molar-refractivity contribution in [1.82, 2.24) is 0 Å². The molecule has 0 fully saturated rings. The minimum absolute atomic E-state index is 0.0675. The van der Waals surface area contributed by atoms with E-state index in [1.165, 1.54) is 6.92 Å². The van der Waals surface area contributed by atoms with Crippen LogP contribution in [0.4, 0.5) is 0 Å². The molecule has 66 valence electrons. The number of hydrogen-bond acceptors (Lipinski definition) is 2. The lowest BCUT2D eigenvalue weighted by Crippen LogP contribution is -2.06. The van der Waals surface area contributed by atoms with Crippen LogP contribution in [0.5, 0.6) is 0 Å². The highest BCUT2D eigenvalue weighted by Crippen LogP contribution is 2.09. The molecule has 0 heterocycles. The molecular weight excluding hydrogens is 152 g/mol. The van der Waals surface area contributed by atoms with Gasteiger partial charge in [0.05, 0.1) is 0 Å². The van der Waals surface area contributed by atoms with E-state index in [0.29, 0.717) is 16.7 Å². The third-order valence-electron chi connectivity index (χ3n) is 1.82. The van der Waals surface area contributed by atoms with Gasteiger partial charge in [-0.1, -0.05) is 6.58 Å². The molecule has 0 saturated heterocycles. The molecule has 0 aliphatic rings. The van der Waals surface area contributed by atoms with Crippen LogP contribution in [0.1, 0.15) is 27.7 Å². The fourth-order valence-corrected chi connectivity index (χ4v) is 0.754. The normalized spacial score (nSPS) is 12.0. The molecule has 12 heavy (non-hydrogen) atoms. The van der Waals surface area contributed by atoms with Gasteiger partial charge in [0.15, 0.2) is 11.6 Å². The Morgan fingerprint density at radius 3 is 1.58 bits per heavy atom. The fourth-order valence-electron chi connectivity index (χ4n) is 0.754. The first-order chi connectivity index (χ1) is 5.37. The fraction of sp³-hybridized carbons (Fsp3) is 0.400. The van der Waals surface area contributed by atoms with Crippen molar-refractivity contribution in [2.45, 2.75) is 27.7 Å². The van der Waals surface area contributed by atoms with Crippen LogP contribution >= 0.6 is 0 Å². The Morgan fingerprint density at radius 2 is 1.33 bits per heavy atom. The summed E-state index contributed by atoms with van der Waals surface area (Å²) in [5, 5.41) is 0. The third kappa shape index (κ3) is 2.46. The molecule has 0 aromatic carbocycles. The number of rotatable bonds is 3. The summed E-state index contributed by atoms with van der Waals surface area (Å²) < 4.78 is 0. The SMILES string of the molecule is C=C(C)C(=O)/C(C)=C(\C)C(C)=O. The zero-order chi connectivity index (χ0) is 9.89. The van der Waals surface area contributed by atoms with Crippen molar-refractivity contribution in [1.29, 1.82) is 0 Å². The number of allylic oxidation sites excluding steroid dienone is 3. The molecule has 0 spiro atoms. The van der Waals surface area contributed by atoms with Crippen molar-refractivity contribution in [3.8, 4) is 0 Å². The lowest BCUT2D eigenvalue weighted by Gasteiger charge is -2.02. The number of Topliss-reactive ketones (excluding diaryl/α,β-unsaturated/α-hetero) is 2. The van der Waals surface area contributed by atoms with Crippen molar-refractivity contribution < 1.29 is 9.59 Å². The molecular formula is C10H14O2. The zero-order valence-corrected chi connectivity index (χ0v) is 8.02. The Kier molecular flexibility index (Phi) is 3.61. The summed E-state index contributed by atoms with van der Waals surface area (Å²) in [4.78, 5) is 22.2. The highest BCUT2D eigenvalue weighted by Gasteiger charge is 2.10. The molecule has 0 aliphatic heterocycles. The Morgan fingerprint density at radius 1 is 0.917 bits per heavy atom. The van der Waals surface area contributed by atoms with Crippen LogP contribution < -0.4 is 0 Å². The summed E-state index contributed by atoms with van der Waals surface area (Å²) in [7, 11) is 0. The maximum absolute atomic E-state index is 11.3. The van der Waals surface area contributed by atoms with Crippen LogP contribution in [0, 0.1) is 0 Å². The number of hydrogen-bond donors (Lipinski definition) is 0. The second-order valence-corrected chi connectivity index (χ2v) is 2.92. The summed E-state index contributed by atoms with van der Waals surface area (Å²) in [5.41, 5.74) is 1.48. The van der Waals surface area contributed by atoms with E-state index < -0.39 is 0 Å². The van der Waals surface area contributed by atoms with Gasteiger partial charge in [0.2, 0.25) is 0 Å². The molecule has 0 unspecified atom stereocenters. The van der Waals surface area contributed by atoms with E-state index in [-0.39, 0.29) is 11.6 Å². The molecule has 0 saturated carbocycles. The predicted octanol–water partition coefficient (Wildman–Crippen LogP) is 2.06. The molecule has 0 atom stereocenters. The number of carbonyl (C=O) groups is 2. The Bertz CT molecular complexity index is 270. The molecule has 0 bridgehead atoms. The quantitative estimate of drug-likeness (QED) is 0.601. The van der Waals surface area contributed by atoms with Gasteiger partial charge in [-0.2, -0.15) is 0 Å². The van der Waals surface area contributed by atoms with Crippen LogP contribution in [-0.4, -0.2) is 11.6 Å². The number of ketones is 2. The van der Waals surface area contributed by atoms with E-state index in [2.05, 4.69) is 6.58 Å². The van der Waals surface area contributed by atoms with Crippen LogP contribution in [0.25, 0.3) is 0 Å². The van der Waals surface area contributed by atoms with E-state index in [0.717, 1.165) is 0 Å². The van der Waals surface area contributed by atoms with Gasteiger partial charge in [-0.3, -0.25) is 9.59 Å². The van der Waals surface area contributed by atoms with Gasteiger partial charge in [0, 0.05) is 5.57 Å². The van der Waals surface area contributed by atoms with Gasteiger partial charge in [-0.25, -0.2) is 0 Å². The first kappa shape index (κ1) is 10.8. The van der Waals surface area contributed by atoms with E-state index in [9.17, 15) is 9.59 Å². The largest absolute Gasteiger partial charge is 0.295 e. The lowest BCUT2D eigenvalue weighted by atomic mass is 10.0. The molecule has 2 nitrogen and oxygen atoms in total. The molecule has 0 aliphatic carbocycles. The van der Waals surface area contributed by atoms with Gasteiger partial charge >= 0.3 is 0 Å². The second-order valence-electron chi connectivity index (χ2n) is 2.92. The van der Waals surface area contributed by atoms with Gasteiger partial charge in [0.25, 0.3) is 0 Å². The van der Waals surface area contributed by atoms with E-state index in [1.807, 2.05) is 0 Å². The molecule has 2 heteroatoms. The Balaban J connectivity index is 4.92. The molecule has 0 N–H and O–H groups in total. The van der Waals surface area contributed by atoms with Gasteiger partial charge in [-0.15, -0.1) is 0 Å². The summed E-state index contributed by atoms with van der Waals surface area (Å²) in [5.74, 6) is -0.204. The van der Waals surface area contributed by atoms with E-state index >= 15 is 0 Å². The van der Waals surface area contributed by atoms with Crippen LogP contribution in [0.3, 0.4) is 0 Å². The van der Waals surface area contributed by atoms with Gasteiger partial charge < -0.3 is 0 Å². The maximum atomic E-state index is 11.3. The summed E-state index contributed by atoms with van der Waals surface area (Å²) in [6.07, 6.45) is 0. The maximum Gasteiger partial charge on any atom is 0.184 e. The number of carbonyl (C=O) groups excluding carboxylic acids is 2. The predicted molar refractivity (Wildman–Crippen MR) is 48.9 cm³/mol. The molecule has 0 rings (SSSR count). The highest BCUT2D eigenvalue weighted by atomic mass is 16.1.